The van der Waals surface area contributed by atoms with Crippen LogP contribution in [-0.4, -0.2) is 6.18 Å². The lowest BCUT2D eigenvalue weighted by molar-refractivity contribution is -0.144. The van der Waals surface area contributed by atoms with Crippen LogP contribution in [0.4, 0.5) is 13.2 Å². The molecule has 0 aliphatic carbocycles. The number of halogens is 5. The lowest BCUT2D eigenvalue weighted by Crippen LogP contribution is -2.30. The van der Waals surface area contributed by atoms with Gasteiger partial charge in [-0.25, -0.2) is 0 Å². The van der Waals surface area contributed by atoms with Crippen molar-refractivity contribution in [2.45, 2.75) is 24.9 Å². The SMILES string of the molecule is CC(CC(F)(F)F)(c1ccc(Br)cc1)c1ccc(Br)cc1. The Balaban J connectivity index is 2.53. The maximum absolute atomic E-state index is 13.1. The van der Waals surface area contributed by atoms with Crippen LogP contribution in [0.2, 0.25) is 0 Å². The van der Waals surface area contributed by atoms with Crippen LogP contribution in [0.1, 0.15) is 24.5 Å². The van der Waals surface area contributed by atoms with Gasteiger partial charge < -0.3 is 0 Å². The molecule has 0 aromatic heterocycles. The van der Waals surface area contributed by atoms with Crippen molar-refractivity contribution in [3.05, 3.63) is 68.6 Å². The average molecular weight is 422 g/mol. The fraction of sp³-hybridized carbons (Fsp3) is 0.250. The van der Waals surface area contributed by atoms with Crippen LogP contribution in [0.15, 0.2) is 57.5 Å². The lowest BCUT2D eigenvalue weighted by atomic mass is 9.73. The zero-order valence-corrected chi connectivity index (χ0v) is 14.4. The van der Waals surface area contributed by atoms with Gasteiger partial charge in [-0.3, -0.25) is 0 Å². The average Bonchev–Trinajstić information content (AvgIpc) is 2.38. The fourth-order valence-electron chi connectivity index (χ4n) is 2.41. The Morgan fingerprint density at radius 1 is 0.762 bits per heavy atom. The van der Waals surface area contributed by atoms with E-state index in [-0.39, 0.29) is 0 Å². The summed E-state index contributed by atoms with van der Waals surface area (Å²) in [6.07, 6.45) is -5.14. The molecular weight excluding hydrogens is 409 g/mol. The minimum atomic E-state index is -4.24. The standard InChI is InChI=1S/C16H13Br2F3/c1-15(10-16(19,20)21,11-2-6-13(17)7-3-11)12-4-8-14(18)9-5-12/h2-9H,10H2,1H3. The zero-order valence-electron chi connectivity index (χ0n) is 11.2. The molecule has 2 aromatic rings. The van der Waals surface area contributed by atoms with Crippen molar-refractivity contribution in [3.8, 4) is 0 Å². The molecule has 0 saturated carbocycles. The summed E-state index contributed by atoms with van der Waals surface area (Å²) in [5, 5.41) is 0. The molecule has 112 valence electrons. The molecule has 0 aliphatic heterocycles. The van der Waals surface area contributed by atoms with Crippen molar-refractivity contribution in [1.82, 2.24) is 0 Å². The van der Waals surface area contributed by atoms with Gasteiger partial charge in [0.25, 0.3) is 0 Å². The summed E-state index contributed by atoms with van der Waals surface area (Å²) >= 11 is 6.62. The molecule has 0 aliphatic rings. The summed E-state index contributed by atoms with van der Waals surface area (Å²) in [5.74, 6) is 0. The van der Waals surface area contributed by atoms with Gasteiger partial charge in [0.2, 0.25) is 0 Å². The minimum absolute atomic E-state index is 0.644. The van der Waals surface area contributed by atoms with Crippen molar-refractivity contribution >= 4 is 31.9 Å². The van der Waals surface area contributed by atoms with Gasteiger partial charge in [0, 0.05) is 14.4 Å². The monoisotopic (exact) mass is 420 g/mol. The number of rotatable bonds is 3. The van der Waals surface area contributed by atoms with E-state index in [4.69, 9.17) is 0 Å². The first-order valence-electron chi connectivity index (χ1n) is 6.29. The third-order valence-corrected chi connectivity index (χ3v) is 4.57. The van der Waals surface area contributed by atoms with Crippen molar-refractivity contribution < 1.29 is 13.2 Å². The molecule has 2 aromatic carbocycles. The van der Waals surface area contributed by atoms with Crippen LogP contribution in [0.25, 0.3) is 0 Å². The van der Waals surface area contributed by atoms with Crippen LogP contribution in [0.3, 0.4) is 0 Å². The zero-order chi connectivity index (χ0) is 15.7. The highest BCUT2D eigenvalue weighted by Gasteiger charge is 2.41. The Morgan fingerprint density at radius 3 is 1.38 bits per heavy atom. The smallest absolute Gasteiger partial charge is 0.171 e. The second kappa shape index (κ2) is 6.13. The Morgan fingerprint density at radius 2 is 1.10 bits per heavy atom. The topological polar surface area (TPSA) is 0 Å². The molecule has 0 amide bonds. The highest BCUT2D eigenvalue weighted by atomic mass is 79.9. The van der Waals surface area contributed by atoms with Gasteiger partial charge in [-0.15, -0.1) is 0 Å². The molecule has 0 atom stereocenters. The van der Waals surface area contributed by atoms with E-state index in [9.17, 15) is 13.2 Å². The van der Waals surface area contributed by atoms with E-state index >= 15 is 0 Å². The summed E-state index contributed by atoms with van der Waals surface area (Å²) in [4.78, 5) is 0. The third-order valence-electron chi connectivity index (χ3n) is 3.52. The first-order chi connectivity index (χ1) is 9.71. The number of alkyl halides is 3. The summed E-state index contributed by atoms with van der Waals surface area (Å²) in [7, 11) is 0. The van der Waals surface area contributed by atoms with Crippen LogP contribution in [-0.2, 0) is 5.41 Å². The highest BCUT2D eigenvalue weighted by Crippen LogP contribution is 2.42. The van der Waals surface area contributed by atoms with Crippen molar-refractivity contribution in [1.29, 1.82) is 0 Å². The molecule has 0 bridgehead atoms. The van der Waals surface area contributed by atoms with Crippen molar-refractivity contribution in [3.63, 3.8) is 0 Å². The van der Waals surface area contributed by atoms with E-state index in [1.54, 1.807) is 55.5 Å². The quantitative estimate of drug-likeness (QED) is 0.532. The predicted molar refractivity (Wildman–Crippen MR) is 85.4 cm³/mol. The molecule has 0 N–H and O–H groups in total. The van der Waals surface area contributed by atoms with Gasteiger partial charge in [0.1, 0.15) is 0 Å². The Bertz CT molecular complexity index is 555. The molecule has 21 heavy (non-hydrogen) atoms. The lowest BCUT2D eigenvalue weighted by Gasteiger charge is -2.32. The van der Waals surface area contributed by atoms with Gasteiger partial charge in [-0.1, -0.05) is 63.0 Å². The number of hydrogen-bond donors (Lipinski definition) is 0. The van der Waals surface area contributed by atoms with E-state index in [0.717, 1.165) is 8.95 Å². The first-order valence-corrected chi connectivity index (χ1v) is 7.88. The number of hydrogen-bond acceptors (Lipinski definition) is 0. The Labute approximate surface area is 138 Å². The second-order valence-corrected chi connectivity index (χ2v) is 6.97. The fourth-order valence-corrected chi connectivity index (χ4v) is 2.94. The second-order valence-electron chi connectivity index (χ2n) is 5.14. The van der Waals surface area contributed by atoms with Gasteiger partial charge in [0.05, 0.1) is 6.42 Å². The summed E-state index contributed by atoms with van der Waals surface area (Å²) < 4.78 is 40.9. The largest absolute Gasteiger partial charge is 0.390 e. The van der Waals surface area contributed by atoms with E-state index < -0.39 is 18.0 Å². The summed E-state index contributed by atoms with van der Waals surface area (Å²) in [6.45, 7) is 1.63. The molecule has 0 unspecified atom stereocenters. The van der Waals surface area contributed by atoms with Crippen molar-refractivity contribution in [2.24, 2.45) is 0 Å². The Hall–Kier alpha value is -0.810. The molecule has 0 spiro atoms. The third kappa shape index (κ3) is 4.10. The minimum Gasteiger partial charge on any atom is -0.171 e. The normalized spacial score (nSPS) is 12.5. The van der Waals surface area contributed by atoms with Gasteiger partial charge in [-0.2, -0.15) is 13.2 Å². The molecule has 0 radical (unpaired) electrons. The van der Waals surface area contributed by atoms with E-state index in [1.165, 1.54) is 0 Å². The van der Waals surface area contributed by atoms with E-state index in [2.05, 4.69) is 31.9 Å². The predicted octanol–water partition coefficient (Wildman–Crippen LogP) is 6.47. The van der Waals surface area contributed by atoms with Crippen LogP contribution >= 0.6 is 31.9 Å². The Kier molecular flexibility index (Phi) is 4.83. The van der Waals surface area contributed by atoms with Crippen LogP contribution in [0.5, 0.6) is 0 Å². The maximum atomic E-state index is 13.1. The summed E-state index contributed by atoms with van der Waals surface area (Å²) in [5.41, 5.74) is 0.176. The highest BCUT2D eigenvalue weighted by molar-refractivity contribution is 9.10. The van der Waals surface area contributed by atoms with Crippen molar-refractivity contribution in [2.75, 3.05) is 0 Å². The number of benzene rings is 2. The molecule has 0 saturated heterocycles. The van der Waals surface area contributed by atoms with Gasteiger partial charge in [-0.05, 0) is 35.4 Å². The molecule has 5 heteroatoms. The molecular formula is C16H13Br2F3. The van der Waals surface area contributed by atoms with E-state index in [0.29, 0.717) is 11.1 Å². The first kappa shape index (κ1) is 16.6. The molecule has 0 heterocycles. The molecule has 0 nitrogen and oxygen atoms in total. The maximum Gasteiger partial charge on any atom is 0.390 e. The van der Waals surface area contributed by atoms with Crippen LogP contribution < -0.4 is 0 Å². The summed E-state index contributed by atoms with van der Waals surface area (Å²) in [6, 6.07) is 14.0. The van der Waals surface area contributed by atoms with Gasteiger partial charge >= 0.3 is 6.18 Å². The van der Waals surface area contributed by atoms with Gasteiger partial charge in [0.15, 0.2) is 0 Å². The van der Waals surface area contributed by atoms with E-state index in [1.807, 2.05) is 0 Å². The molecule has 0 fully saturated rings. The van der Waals surface area contributed by atoms with Crippen LogP contribution in [0, 0.1) is 0 Å². The molecule has 2 rings (SSSR count).